The van der Waals surface area contributed by atoms with Crippen LogP contribution in [0.5, 0.6) is 0 Å². The number of piperidine rings is 1. The lowest BCUT2D eigenvalue weighted by Gasteiger charge is -2.40. The second kappa shape index (κ2) is 17.6. The van der Waals surface area contributed by atoms with Gasteiger partial charge < -0.3 is 10.1 Å². The number of Topliss-reactive ketones (excluding diaryl/α,β-unsaturated/α-hetero) is 1. The summed E-state index contributed by atoms with van der Waals surface area (Å²) in [5.41, 5.74) is 2.16. The minimum Gasteiger partial charge on any atom is -0.443 e. The van der Waals surface area contributed by atoms with Crippen LogP contribution >= 0.6 is 0 Å². The topological polar surface area (TPSA) is 96.0 Å². The van der Waals surface area contributed by atoms with E-state index in [1.807, 2.05) is 58.0 Å². The number of hydrogen-bond acceptors (Lipinski definition) is 5. The molecule has 8 nitrogen and oxygen atoms in total. The molecule has 1 aliphatic rings. The van der Waals surface area contributed by atoms with Gasteiger partial charge in [-0.05, 0) is 102 Å². The summed E-state index contributed by atoms with van der Waals surface area (Å²) in [6.45, 7) is 12.2. The van der Waals surface area contributed by atoms with E-state index in [0.29, 0.717) is 63.8 Å². The zero-order valence-electron chi connectivity index (χ0n) is 28.7. The fraction of sp³-hybridized carbons (Fsp3) is 0.735. The number of ketones is 1. The van der Waals surface area contributed by atoms with Gasteiger partial charge in [-0.3, -0.25) is 14.5 Å². The maximum atomic E-state index is 13.4. The normalized spacial score (nSPS) is 16.1. The van der Waals surface area contributed by atoms with E-state index in [-0.39, 0.29) is 24.5 Å². The molecular weight excluding hydrogens is 619 g/mol. The third-order valence-corrected chi connectivity index (χ3v) is 9.90. The molecule has 2 rings (SSSR count). The fourth-order valence-electron chi connectivity index (χ4n) is 5.73. The van der Waals surface area contributed by atoms with Gasteiger partial charge in [0.05, 0.1) is 11.0 Å². The lowest BCUT2D eigenvalue weighted by atomic mass is 9.81. The summed E-state index contributed by atoms with van der Waals surface area (Å²) in [6, 6.07) is 3.86. The molecule has 1 aromatic rings. The van der Waals surface area contributed by atoms with Gasteiger partial charge in [-0.25, -0.2) is 13.3 Å². The van der Waals surface area contributed by atoms with E-state index in [0.717, 1.165) is 35.2 Å². The Morgan fingerprint density at radius 3 is 2.11 bits per heavy atom. The lowest BCUT2D eigenvalue weighted by molar-refractivity contribution is -0.135. The quantitative estimate of drug-likeness (QED) is 0.184. The van der Waals surface area contributed by atoms with E-state index in [4.69, 9.17) is 4.74 Å². The number of halogens is 3. The number of aryl methyl sites for hydroxylation is 2. The molecule has 0 saturated carbocycles. The molecule has 1 atom stereocenters. The summed E-state index contributed by atoms with van der Waals surface area (Å²) in [6.07, 6.45) is -0.578. The van der Waals surface area contributed by atoms with E-state index in [9.17, 15) is 31.8 Å². The monoisotopic (exact) mass is 673 g/mol. The van der Waals surface area contributed by atoms with Crippen LogP contribution in [-0.4, -0.2) is 69.5 Å². The number of amides is 2. The molecule has 1 unspecified atom stereocenters. The number of anilines is 1. The van der Waals surface area contributed by atoms with Crippen molar-refractivity contribution >= 4 is 34.5 Å². The second-order valence-corrected chi connectivity index (χ2v) is 15.1. The van der Waals surface area contributed by atoms with Gasteiger partial charge in [0.25, 0.3) is 0 Å². The lowest BCUT2D eigenvalue weighted by Crippen LogP contribution is -2.60. The van der Waals surface area contributed by atoms with Gasteiger partial charge in [-0.2, -0.15) is 13.2 Å². The molecule has 1 N–H and O–H groups in total. The Hall–Kier alpha value is -2.47. The predicted molar refractivity (Wildman–Crippen MR) is 177 cm³/mol. The van der Waals surface area contributed by atoms with Gasteiger partial charge in [-0.1, -0.05) is 26.2 Å². The zero-order chi connectivity index (χ0) is 34.7. The van der Waals surface area contributed by atoms with Crippen LogP contribution in [0.3, 0.4) is 0 Å². The molecule has 1 aromatic carbocycles. The number of rotatable bonds is 16. The third-order valence-electron chi connectivity index (χ3n) is 8.41. The van der Waals surface area contributed by atoms with Gasteiger partial charge >= 0.3 is 12.3 Å². The zero-order valence-corrected chi connectivity index (χ0v) is 29.6. The Balaban J connectivity index is 1.97. The van der Waals surface area contributed by atoms with Crippen LogP contribution in [0.2, 0.25) is 0 Å². The first kappa shape index (κ1) is 39.7. The molecule has 2 amide bonds. The Bertz CT molecular complexity index is 1180. The van der Waals surface area contributed by atoms with E-state index in [2.05, 4.69) is 5.32 Å². The number of unbranched alkanes of at least 4 members (excludes halogenated alkanes) is 4. The Morgan fingerprint density at radius 2 is 1.57 bits per heavy atom. The van der Waals surface area contributed by atoms with E-state index >= 15 is 0 Å². The minimum absolute atomic E-state index is 0.0130. The van der Waals surface area contributed by atoms with E-state index < -0.39 is 40.8 Å². The van der Waals surface area contributed by atoms with Crippen molar-refractivity contribution in [2.45, 2.75) is 136 Å². The molecule has 12 heteroatoms. The maximum Gasteiger partial charge on any atom is 0.414 e. The van der Waals surface area contributed by atoms with Gasteiger partial charge in [0.1, 0.15) is 11.1 Å². The standard InChI is InChI=1S/C34H54F3N3O5S/c1-8-9-14-29(41)33(38-30(42)15-12-10-11-13-17-34(35,36)37)18-20-40(21-19-33)46(44)22-16-28-25(2)23-27(24-26(28)3)39(7)31(43)45-32(4,5)6/h23-24H,8-22H2,1-7H3,(H,38,42). The maximum absolute atomic E-state index is 13.4. The molecule has 0 aromatic heterocycles. The molecule has 46 heavy (non-hydrogen) atoms. The highest BCUT2D eigenvalue weighted by atomic mass is 32.2. The number of hydrogen-bond donors (Lipinski definition) is 1. The number of nitrogens with zero attached hydrogens (tertiary/aromatic N) is 2. The molecule has 0 bridgehead atoms. The van der Waals surface area contributed by atoms with Crippen LogP contribution in [0.4, 0.5) is 23.7 Å². The van der Waals surface area contributed by atoms with Crippen LogP contribution in [0.1, 0.15) is 115 Å². The Morgan fingerprint density at radius 1 is 0.978 bits per heavy atom. The summed E-state index contributed by atoms with van der Waals surface area (Å²) in [7, 11) is 0.381. The first-order valence-electron chi connectivity index (χ1n) is 16.5. The Labute approximate surface area is 275 Å². The average molecular weight is 674 g/mol. The molecule has 0 radical (unpaired) electrons. The van der Waals surface area contributed by atoms with Gasteiger partial charge in [0.2, 0.25) is 5.91 Å². The molecule has 1 heterocycles. The average Bonchev–Trinajstić information content (AvgIpc) is 2.95. The van der Waals surface area contributed by atoms with E-state index in [1.165, 1.54) is 4.90 Å². The van der Waals surface area contributed by atoms with E-state index in [1.54, 1.807) is 7.05 Å². The minimum atomic E-state index is -4.16. The number of alkyl halides is 3. The number of ether oxygens (including phenoxy) is 1. The summed E-state index contributed by atoms with van der Waals surface area (Å²) in [5, 5.41) is 2.99. The SMILES string of the molecule is CCCCC(=O)C1(NC(=O)CCCCCCC(F)(F)F)CCN(S(=O)CCc2c(C)cc(N(C)C(=O)OC(C)(C)C)cc2C)CC1. The van der Waals surface area contributed by atoms with Gasteiger partial charge in [0, 0.05) is 50.8 Å². The molecular formula is C34H54F3N3O5S. The highest BCUT2D eigenvalue weighted by molar-refractivity contribution is 7.82. The number of carbonyl (C=O) groups excluding carboxylic acids is 3. The molecule has 1 fully saturated rings. The van der Waals surface area contributed by atoms with Crippen molar-refractivity contribution in [1.82, 2.24) is 9.62 Å². The highest BCUT2D eigenvalue weighted by Crippen LogP contribution is 2.29. The first-order valence-corrected chi connectivity index (χ1v) is 17.8. The molecule has 1 saturated heterocycles. The van der Waals surface area contributed by atoms with Crippen molar-refractivity contribution in [3.63, 3.8) is 0 Å². The predicted octanol–water partition coefficient (Wildman–Crippen LogP) is 7.49. The van der Waals surface area contributed by atoms with Crippen LogP contribution in [0.25, 0.3) is 0 Å². The number of carbonyl (C=O) groups is 3. The smallest absolute Gasteiger partial charge is 0.414 e. The van der Waals surface area contributed by atoms with Crippen molar-refractivity contribution in [3.8, 4) is 0 Å². The van der Waals surface area contributed by atoms with Crippen LogP contribution in [-0.2, 0) is 31.7 Å². The highest BCUT2D eigenvalue weighted by Gasteiger charge is 2.42. The fourth-order valence-corrected chi connectivity index (χ4v) is 6.96. The summed E-state index contributed by atoms with van der Waals surface area (Å²) < 4.78 is 57.8. The molecule has 0 spiro atoms. The molecule has 1 aliphatic heterocycles. The largest absolute Gasteiger partial charge is 0.443 e. The third kappa shape index (κ3) is 13.0. The van der Waals surface area contributed by atoms with Crippen molar-refractivity contribution in [3.05, 3.63) is 28.8 Å². The van der Waals surface area contributed by atoms with Crippen LogP contribution in [0, 0.1) is 13.8 Å². The van der Waals surface area contributed by atoms with Crippen molar-refractivity contribution in [2.75, 3.05) is 30.8 Å². The first-order chi connectivity index (χ1) is 21.4. The van der Waals surface area contributed by atoms with Crippen LogP contribution in [0.15, 0.2) is 12.1 Å². The number of nitrogens with one attached hydrogen (secondary N) is 1. The van der Waals surface area contributed by atoms with Gasteiger partial charge in [-0.15, -0.1) is 0 Å². The van der Waals surface area contributed by atoms with Crippen molar-refractivity contribution < 1.29 is 36.5 Å². The van der Waals surface area contributed by atoms with Crippen molar-refractivity contribution in [1.29, 1.82) is 0 Å². The van der Waals surface area contributed by atoms with Crippen LogP contribution < -0.4 is 10.2 Å². The summed E-state index contributed by atoms with van der Waals surface area (Å²) in [5.74, 6) is 0.128. The summed E-state index contributed by atoms with van der Waals surface area (Å²) >= 11 is 0. The van der Waals surface area contributed by atoms with Crippen molar-refractivity contribution in [2.24, 2.45) is 0 Å². The number of benzene rings is 1. The second-order valence-electron chi connectivity index (χ2n) is 13.5. The molecule has 0 aliphatic carbocycles. The molecule has 262 valence electrons. The van der Waals surface area contributed by atoms with Gasteiger partial charge in [0.15, 0.2) is 5.78 Å². The Kier molecular flexibility index (Phi) is 15.2. The summed E-state index contributed by atoms with van der Waals surface area (Å²) in [4.78, 5) is 40.2.